The first-order valence-electron chi connectivity index (χ1n) is 11.0. The first kappa shape index (κ1) is 24.4. The van der Waals surface area contributed by atoms with Gasteiger partial charge in [0, 0.05) is 37.3 Å². The summed E-state index contributed by atoms with van der Waals surface area (Å²) in [5, 5.41) is 7.12. The topological polar surface area (TPSA) is 48.9 Å². The van der Waals surface area contributed by atoms with Crippen LogP contribution in [0.4, 0.5) is 0 Å². The molecule has 2 saturated heterocycles. The smallest absolute Gasteiger partial charge is 0.191 e. The Bertz CT molecular complexity index is 623. The second-order valence-electron chi connectivity index (χ2n) is 8.83. The minimum atomic E-state index is 0. The van der Waals surface area contributed by atoms with Gasteiger partial charge in [-0.3, -0.25) is 9.89 Å². The van der Waals surface area contributed by atoms with Crippen LogP contribution in [0.1, 0.15) is 52.0 Å². The minimum absolute atomic E-state index is 0. The largest absolute Gasteiger partial charge is 0.381 e. The van der Waals surface area contributed by atoms with Crippen LogP contribution in [0.15, 0.2) is 35.3 Å². The molecule has 0 spiro atoms. The molecule has 0 aliphatic carbocycles. The van der Waals surface area contributed by atoms with Crippen molar-refractivity contribution >= 4 is 29.9 Å². The van der Waals surface area contributed by atoms with Gasteiger partial charge in [-0.05, 0) is 51.3 Å². The molecular formula is C23H39IN4O. The highest BCUT2D eigenvalue weighted by atomic mass is 127. The number of nitrogens with one attached hydrogen (secondary N) is 2. The lowest BCUT2D eigenvalue weighted by atomic mass is 9.85. The van der Waals surface area contributed by atoms with E-state index in [4.69, 9.17) is 9.73 Å². The number of likely N-dealkylation sites (tertiary alicyclic amines) is 1. The Kier molecular flexibility index (Phi) is 9.69. The summed E-state index contributed by atoms with van der Waals surface area (Å²) in [6, 6.07) is 10.7. The summed E-state index contributed by atoms with van der Waals surface area (Å²) in [7, 11) is 0. The molecule has 2 heterocycles. The third kappa shape index (κ3) is 6.56. The van der Waals surface area contributed by atoms with Gasteiger partial charge in [0.2, 0.25) is 0 Å². The summed E-state index contributed by atoms with van der Waals surface area (Å²) < 4.78 is 5.68. The summed E-state index contributed by atoms with van der Waals surface area (Å²) in [6.07, 6.45) is 4.86. The van der Waals surface area contributed by atoms with E-state index in [0.717, 1.165) is 51.6 Å². The van der Waals surface area contributed by atoms with Crippen LogP contribution in [0, 0.1) is 0 Å². The normalized spacial score (nSPS) is 20.2. The second-order valence-corrected chi connectivity index (χ2v) is 8.83. The van der Waals surface area contributed by atoms with Crippen molar-refractivity contribution in [3.63, 3.8) is 0 Å². The molecule has 164 valence electrons. The van der Waals surface area contributed by atoms with Crippen LogP contribution in [0.5, 0.6) is 0 Å². The predicted octanol–water partition coefficient (Wildman–Crippen LogP) is 3.78. The molecule has 2 fully saturated rings. The molecule has 0 aromatic heterocycles. The van der Waals surface area contributed by atoms with Gasteiger partial charge in [0.25, 0.3) is 0 Å². The number of nitrogens with zero attached hydrogens (tertiary/aromatic N) is 2. The Morgan fingerprint density at radius 2 is 1.76 bits per heavy atom. The van der Waals surface area contributed by atoms with E-state index in [1.54, 1.807) is 0 Å². The Balaban J connectivity index is 0.00000300. The van der Waals surface area contributed by atoms with E-state index < -0.39 is 0 Å². The third-order valence-electron chi connectivity index (χ3n) is 6.32. The summed E-state index contributed by atoms with van der Waals surface area (Å²) in [4.78, 5) is 7.64. The van der Waals surface area contributed by atoms with E-state index in [1.807, 2.05) is 0 Å². The molecule has 2 aliphatic rings. The Morgan fingerprint density at radius 3 is 2.38 bits per heavy atom. The van der Waals surface area contributed by atoms with Crippen LogP contribution in [-0.4, -0.2) is 62.3 Å². The van der Waals surface area contributed by atoms with Crippen molar-refractivity contribution in [1.29, 1.82) is 0 Å². The van der Waals surface area contributed by atoms with Gasteiger partial charge in [-0.2, -0.15) is 0 Å². The molecule has 0 amide bonds. The van der Waals surface area contributed by atoms with Crippen molar-refractivity contribution in [1.82, 2.24) is 15.5 Å². The highest BCUT2D eigenvalue weighted by Gasteiger charge is 2.39. The number of aliphatic imine (C=N–C) groups is 1. The molecule has 0 unspecified atom stereocenters. The van der Waals surface area contributed by atoms with Crippen molar-refractivity contribution in [3.05, 3.63) is 35.9 Å². The van der Waals surface area contributed by atoms with Gasteiger partial charge in [-0.25, -0.2) is 0 Å². The maximum atomic E-state index is 5.68. The van der Waals surface area contributed by atoms with Crippen LogP contribution >= 0.6 is 24.0 Å². The van der Waals surface area contributed by atoms with Crippen molar-refractivity contribution in [3.8, 4) is 0 Å². The number of rotatable bonds is 7. The predicted molar refractivity (Wildman–Crippen MR) is 132 cm³/mol. The van der Waals surface area contributed by atoms with Gasteiger partial charge in [0.1, 0.15) is 0 Å². The van der Waals surface area contributed by atoms with E-state index in [2.05, 4.69) is 66.6 Å². The minimum Gasteiger partial charge on any atom is -0.381 e. The van der Waals surface area contributed by atoms with Gasteiger partial charge in [-0.15, -0.1) is 24.0 Å². The van der Waals surface area contributed by atoms with Gasteiger partial charge < -0.3 is 15.4 Å². The lowest BCUT2D eigenvalue weighted by Crippen LogP contribution is -2.58. The molecule has 3 rings (SSSR count). The van der Waals surface area contributed by atoms with E-state index in [0.29, 0.717) is 0 Å². The molecule has 5 nitrogen and oxygen atoms in total. The van der Waals surface area contributed by atoms with E-state index in [9.17, 15) is 0 Å². The van der Waals surface area contributed by atoms with Gasteiger partial charge in [0.15, 0.2) is 5.96 Å². The summed E-state index contributed by atoms with van der Waals surface area (Å²) in [5.41, 5.74) is 1.54. The number of benzene rings is 1. The number of guanidine groups is 1. The first-order valence-corrected chi connectivity index (χ1v) is 11.0. The summed E-state index contributed by atoms with van der Waals surface area (Å²) in [6.45, 7) is 13.4. The molecule has 1 aromatic rings. The molecule has 2 N–H and O–H groups in total. The molecule has 0 atom stereocenters. The SMILES string of the molecule is CCNC(=NCC(C)(C)c1ccccc1)NCC1(N2CCCC2)CCOCC1.I. The molecular weight excluding hydrogens is 475 g/mol. The number of halogens is 1. The molecule has 1 aromatic carbocycles. The maximum absolute atomic E-state index is 5.68. The molecule has 29 heavy (non-hydrogen) atoms. The molecule has 0 bridgehead atoms. The Morgan fingerprint density at radius 1 is 1.10 bits per heavy atom. The zero-order valence-corrected chi connectivity index (χ0v) is 20.7. The standard InChI is InChI=1S/C23H38N4O.HI/c1-4-24-21(25-18-22(2,3)20-10-6-5-7-11-20)26-19-23(12-16-28-17-13-23)27-14-8-9-15-27;/h5-7,10-11H,4,8-9,12-19H2,1-3H3,(H2,24,25,26);1H. The molecule has 0 radical (unpaired) electrons. The second kappa shape index (κ2) is 11.5. The molecule has 6 heteroatoms. The van der Waals surface area contributed by atoms with Crippen LogP contribution in [0.2, 0.25) is 0 Å². The highest BCUT2D eigenvalue weighted by Crippen LogP contribution is 2.30. The average Bonchev–Trinajstić information content (AvgIpc) is 3.27. The third-order valence-corrected chi connectivity index (χ3v) is 6.32. The highest BCUT2D eigenvalue weighted by molar-refractivity contribution is 14.0. The van der Waals surface area contributed by atoms with E-state index in [1.165, 1.54) is 31.5 Å². The number of hydrogen-bond acceptors (Lipinski definition) is 3. The molecule has 0 saturated carbocycles. The maximum Gasteiger partial charge on any atom is 0.191 e. The van der Waals surface area contributed by atoms with Crippen molar-refractivity contribution < 1.29 is 4.74 Å². The van der Waals surface area contributed by atoms with E-state index >= 15 is 0 Å². The van der Waals surface area contributed by atoms with Crippen LogP contribution < -0.4 is 10.6 Å². The number of hydrogen-bond donors (Lipinski definition) is 2. The van der Waals surface area contributed by atoms with Gasteiger partial charge >= 0.3 is 0 Å². The van der Waals surface area contributed by atoms with Gasteiger partial charge in [-0.1, -0.05) is 44.2 Å². The molecule has 2 aliphatic heterocycles. The van der Waals surface area contributed by atoms with Crippen LogP contribution in [0.25, 0.3) is 0 Å². The van der Waals surface area contributed by atoms with Crippen LogP contribution in [0.3, 0.4) is 0 Å². The lowest BCUT2D eigenvalue weighted by Gasteiger charge is -2.45. The fraction of sp³-hybridized carbons (Fsp3) is 0.696. The first-order chi connectivity index (χ1) is 13.6. The van der Waals surface area contributed by atoms with Crippen molar-refractivity contribution in [2.24, 2.45) is 4.99 Å². The summed E-state index contributed by atoms with van der Waals surface area (Å²) in [5.74, 6) is 0.927. The van der Waals surface area contributed by atoms with Crippen LogP contribution in [-0.2, 0) is 10.2 Å². The fourth-order valence-corrected chi connectivity index (χ4v) is 4.39. The van der Waals surface area contributed by atoms with Crippen molar-refractivity contribution in [2.45, 2.75) is 57.4 Å². The Labute approximate surface area is 194 Å². The monoisotopic (exact) mass is 514 g/mol. The zero-order chi connectivity index (χ0) is 19.9. The average molecular weight is 514 g/mol. The number of ether oxygens (including phenoxy) is 1. The van der Waals surface area contributed by atoms with Crippen molar-refractivity contribution in [2.75, 3.05) is 45.9 Å². The lowest BCUT2D eigenvalue weighted by molar-refractivity contribution is -0.0164. The fourth-order valence-electron chi connectivity index (χ4n) is 4.39. The van der Waals surface area contributed by atoms with Gasteiger partial charge in [0.05, 0.1) is 6.54 Å². The summed E-state index contributed by atoms with van der Waals surface area (Å²) >= 11 is 0. The quantitative estimate of drug-likeness (QED) is 0.331. The van der Waals surface area contributed by atoms with E-state index in [-0.39, 0.29) is 34.9 Å². The Hall–Kier alpha value is -0.860. The zero-order valence-electron chi connectivity index (χ0n) is 18.4.